The first-order chi connectivity index (χ1) is 26.0. The maximum absolute atomic E-state index is 12.4. The van der Waals surface area contributed by atoms with Gasteiger partial charge in [-0.25, -0.2) is 0 Å². The van der Waals surface area contributed by atoms with Gasteiger partial charge in [-0.3, -0.25) is 0 Å². The van der Waals surface area contributed by atoms with Crippen LogP contribution in [-0.4, -0.2) is 150 Å². The summed E-state index contributed by atoms with van der Waals surface area (Å²) in [5.74, 6) is -0.422. The van der Waals surface area contributed by atoms with Crippen molar-refractivity contribution in [1.29, 1.82) is 0 Å². The summed E-state index contributed by atoms with van der Waals surface area (Å²) in [4.78, 5) is 0. The molecular formula is C42H72O14. The van der Waals surface area contributed by atoms with Crippen LogP contribution < -0.4 is 0 Å². The van der Waals surface area contributed by atoms with Gasteiger partial charge in [0.15, 0.2) is 12.6 Å². The van der Waals surface area contributed by atoms with Gasteiger partial charge in [0.25, 0.3) is 0 Å². The number of aliphatic hydroxyl groups is 10. The number of allylic oxidation sites excluding steroid dienone is 2. The topological polar surface area (TPSA) is 239 Å². The second-order valence-electron chi connectivity index (χ2n) is 20.3. The van der Waals surface area contributed by atoms with Gasteiger partial charge in [-0.15, -0.1) is 0 Å². The third-order valence-electron chi connectivity index (χ3n) is 16.5. The Hall–Kier alpha value is -0.820. The molecule has 0 unspecified atom stereocenters. The number of hydrogen-bond donors (Lipinski definition) is 10. The van der Waals surface area contributed by atoms with E-state index in [1.807, 2.05) is 20.8 Å². The highest BCUT2D eigenvalue weighted by atomic mass is 16.8. The minimum atomic E-state index is -1.79. The number of fused-ring (bicyclic) bond motifs is 5. The van der Waals surface area contributed by atoms with E-state index in [4.69, 9.17) is 18.9 Å². The lowest BCUT2D eigenvalue weighted by atomic mass is 9.34. The van der Waals surface area contributed by atoms with Crippen LogP contribution in [0.25, 0.3) is 0 Å². The summed E-state index contributed by atoms with van der Waals surface area (Å²) >= 11 is 0. The lowest BCUT2D eigenvalue weighted by Crippen LogP contribution is -2.70. The third-order valence-corrected chi connectivity index (χ3v) is 16.5. The van der Waals surface area contributed by atoms with E-state index in [-0.39, 0.29) is 34.5 Å². The van der Waals surface area contributed by atoms with Crippen LogP contribution >= 0.6 is 0 Å². The summed E-state index contributed by atoms with van der Waals surface area (Å²) in [5.41, 5.74) is -1.52. The van der Waals surface area contributed by atoms with Crippen LogP contribution in [0, 0.1) is 45.3 Å². The molecule has 0 amide bonds. The average Bonchev–Trinajstić information content (AvgIpc) is 3.50. The number of ether oxygens (including phenoxy) is 4. The fourth-order valence-corrected chi connectivity index (χ4v) is 13.5. The predicted molar refractivity (Wildman–Crippen MR) is 202 cm³/mol. The summed E-state index contributed by atoms with van der Waals surface area (Å²) in [6.07, 6.45) is -10.1. The molecule has 6 fully saturated rings. The normalized spacial score (nSPS) is 52.6. The van der Waals surface area contributed by atoms with Gasteiger partial charge in [0.2, 0.25) is 0 Å². The highest BCUT2D eigenvalue weighted by molar-refractivity contribution is 5.22. The van der Waals surface area contributed by atoms with Gasteiger partial charge in [-0.05, 0) is 117 Å². The first-order valence-electron chi connectivity index (χ1n) is 21.0. The Morgan fingerprint density at radius 1 is 0.750 bits per heavy atom. The molecule has 0 aromatic carbocycles. The second kappa shape index (κ2) is 15.9. The minimum Gasteiger partial charge on any atom is -0.394 e. The summed E-state index contributed by atoms with van der Waals surface area (Å²) < 4.78 is 24.2. The van der Waals surface area contributed by atoms with E-state index in [0.29, 0.717) is 32.1 Å². The molecule has 324 valence electrons. The molecule has 0 aromatic heterocycles. The van der Waals surface area contributed by atoms with Crippen LogP contribution in [0.3, 0.4) is 0 Å². The van der Waals surface area contributed by atoms with Gasteiger partial charge in [0, 0.05) is 0 Å². The molecule has 0 bridgehead atoms. The molecule has 4 aliphatic carbocycles. The summed E-state index contributed by atoms with van der Waals surface area (Å²) in [6.45, 7) is 15.6. The van der Waals surface area contributed by atoms with E-state index in [2.05, 4.69) is 40.7 Å². The predicted octanol–water partition coefficient (Wildman–Crippen LogP) is 1.12. The Labute approximate surface area is 331 Å². The Morgan fingerprint density at radius 2 is 1.36 bits per heavy atom. The Kier molecular flexibility index (Phi) is 12.7. The second-order valence-corrected chi connectivity index (χ2v) is 20.3. The summed E-state index contributed by atoms with van der Waals surface area (Å²) in [7, 11) is 0. The standard InChI is InChI=1S/C42H72O14/c1-20(2)10-9-13-42(8,52)21-11-15-40(6)28(21)22(45)16-26-39(5)14-12-27(38(3,4)35(39)23(46)17-41(26,40)7)55-37-34(32(50)30(48)25(19-44)54-37)56-36-33(51)31(49)29(47)24(18-43)53-36/h10,21-37,43-52H,9,11-19H2,1-8H3/t21-,22+,23-,24-,25+,26+,27-,28-,29-,30+,31+,32-,33-,34+,35-,36+,37-,39+,40+,41+,42-/m0/s1. The maximum atomic E-state index is 12.4. The smallest absolute Gasteiger partial charge is 0.187 e. The molecule has 6 aliphatic rings. The van der Waals surface area contributed by atoms with E-state index < -0.39 is 109 Å². The van der Waals surface area contributed by atoms with Crippen LogP contribution in [0.5, 0.6) is 0 Å². The number of hydrogen-bond acceptors (Lipinski definition) is 14. The van der Waals surface area contributed by atoms with Crippen molar-refractivity contribution in [3.63, 3.8) is 0 Å². The molecule has 14 heteroatoms. The van der Waals surface area contributed by atoms with Crippen LogP contribution in [0.2, 0.25) is 0 Å². The van der Waals surface area contributed by atoms with E-state index in [1.54, 1.807) is 0 Å². The minimum absolute atomic E-state index is 0.0539. The first kappa shape index (κ1) is 44.7. The lowest BCUT2D eigenvalue weighted by molar-refractivity contribution is -0.380. The van der Waals surface area contributed by atoms with Gasteiger partial charge in [0.05, 0.1) is 37.1 Å². The molecule has 56 heavy (non-hydrogen) atoms. The molecule has 0 spiro atoms. The molecule has 0 radical (unpaired) electrons. The van der Waals surface area contributed by atoms with Crippen molar-refractivity contribution in [2.75, 3.05) is 13.2 Å². The van der Waals surface area contributed by atoms with Crippen LogP contribution in [0.1, 0.15) is 107 Å². The molecule has 2 saturated heterocycles. The van der Waals surface area contributed by atoms with Gasteiger partial charge in [-0.1, -0.05) is 46.3 Å². The molecule has 4 saturated carbocycles. The highest BCUT2D eigenvalue weighted by Gasteiger charge is 2.73. The van der Waals surface area contributed by atoms with Crippen LogP contribution in [0.15, 0.2) is 11.6 Å². The molecule has 2 aliphatic heterocycles. The van der Waals surface area contributed by atoms with Crippen molar-refractivity contribution in [3.05, 3.63) is 11.6 Å². The van der Waals surface area contributed by atoms with Crippen molar-refractivity contribution in [2.24, 2.45) is 45.3 Å². The number of aliphatic hydroxyl groups excluding tert-OH is 9. The van der Waals surface area contributed by atoms with Crippen molar-refractivity contribution >= 4 is 0 Å². The molecular weight excluding hydrogens is 728 g/mol. The molecule has 6 rings (SSSR count). The zero-order valence-electron chi connectivity index (χ0n) is 34.6. The fourth-order valence-electron chi connectivity index (χ4n) is 13.5. The van der Waals surface area contributed by atoms with E-state index in [9.17, 15) is 51.1 Å². The number of rotatable bonds is 10. The van der Waals surface area contributed by atoms with Gasteiger partial charge < -0.3 is 70.0 Å². The first-order valence-corrected chi connectivity index (χ1v) is 21.0. The van der Waals surface area contributed by atoms with E-state index >= 15 is 0 Å². The van der Waals surface area contributed by atoms with E-state index in [0.717, 1.165) is 19.3 Å². The van der Waals surface area contributed by atoms with Gasteiger partial charge in [0.1, 0.15) is 48.8 Å². The molecule has 2 heterocycles. The highest BCUT2D eigenvalue weighted by Crippen LogP contribution is 2.76. The van der Waals surface area contributed by atoms with Crippen LogP contribution in [-0.2, 0) is 18.9 Å². The van der Waals surface area contributed by atoms with Crippen molar-refractivity contribution < 1.29 is 70.0 Å². The third kappa shape index (κ3) is 7.16. The molecule has 14 nitrogen and oxygen atoms in total. The van der Waals surface area contributed by atoms with Crippen molar-refractivity contribution in [3.8, 4) is 0 Å². The fraction of sp³-hybridized carbons (Fsp3) is 0.952. The molecule has 21 atom stereocenters. The Balaban J connectivity index is 1.25. The lowest BCUT2D eigenvalue weighted by Gasteiger charge is -2.71. The Bertz CT molecular complexity index is 1400. The Morgan fingerprint density at radius 3 is 1.96 bits per heavy atom. The zero-order chi connectivity index (χ0) is 41.5. The largest absolute Gasteiger partial charge is 0.394 e. The quantitative estimate of drug-likeness (QED) is 0.110. The maximum Gasteiger partial charge on any atom is 0.187 e. The summed E-state index contributed by atoms with van der Waals surface area (Å²) in [5, 5.41) is 110. The van der Waals surface area contributed by atoms with Gasteiger partial charge in [-0.2, -0.15) is 0 Å². The SMILES string of the molecule is CC(C)=CCC[C@](C)(O)[C@H]1CC[C@]2(C)[C@@H]1[C@H](O)C[C@@H]1[C@@]3(C)CC[C@H](O[C@@H]4O[C@H](CO)[C@@H](O)[C@H](O)[C@H]4O[C@H]4O[C@@H](CO)[C@H](O)[C@@H](O)[C@@H]4O)C(C)(C)[C@@H]3[C@@H](O)C[C@]12C. The van der Waals surface area contributed by atoms with Crippen molar-refractivity contribution in [2.45, 2.75) is 192 Å². The van der Waals surface area contributed by atoms with E-state index in [1.165, 1.54) is 5.57 Å². The zero-order valence-corrected chi connectivity index (χ0v) is 34.6. The monoisotopic (exact) mass is 800 g/mol. The molecule has 0 aromatic rings. The van der Waals surface area contributed by atoms with Crippen LogP contribution in [0.4, 0.5) is 0 Å². The summed E-state index contributed by atoms with van der Waals surface area (Å²) in [6, 6.07) is 0. The van der Waals surface area contributed by atoms with Crippen molar-refractivity contribution in [1.82, 2.24) is 0 Å². The molecule has 10 N–H and O–H groups in total. The average molecular weight is 801 g/mol. The van der Waals surface area contributed by atoms with Gasteiger partial charge >= 0.3 is 0 Å².